The summed E-state index contributed by atoms with van der Waals surface area (Å²) < 4.78 is 12.7. The first-order chi connectivity index (χ1) is 8.19. The molecule has 0 spiro atoms. The Kier molecular flexibility index (Phi) is 2.97. The van der Waals surface area contributed by atoms with Crippen molar-refractivity contribution in [2.75, 3.05) is 0 Å². The van der Waals surface area contributed by atoms with Gasteiger partial charge in [0.1, 0.15) is 23.4 Å². The smallest absolute Gasteiger partial charge is 0.170 e. The number of H-pyrrole nitrogens is 1. The molecule has 2 aromatic rings. The molecule has 1 aromatic heterocycles. The molecule has 0 unspecified atom stereocenters. The van der Waals surface area contributed by atoms with Crippen molar-refractivity contribution in [2.24, 2.45) is 0 Å². The van der Waals surface area contributed by atoms with Crippen molar-refractivity contribution in [3.05, 3.63) is 53.4 Å². The van der Waals surface area contributed by atoms with Crippen LogP contribution in [0.2, 0.25) is 0 Å². The Bertz CT molecular complexity index is 581. The zero-order chi connectivity index (χ0) is 12.3. The van der Waals surface area contributed by atoms with Crippen LogP contribution in [-0.2, 0) is 6.42 Å². The third kappa shape index (κ3) is 2.55. The van der Waals surface area contributed by atoms with E-state index < -0.39 is 0 Å². The van der Waals surface area contributed by atoms with E-state index in [1.54, 1.807) is 0 Å². The van der Waals surface area contributed by atoms with Gasteiger partial charge in [-0.05, 0) is 24.3 Å². The van der Waals surface area contributed by atoms with Crippen LogP contribution in [0.5, 0.6) is 0 Å². The number of hydrogen-bond acceptors (Lipinski definition) is 3. The molecule has 1 N–H and O–H groups in total. The van der Waals surface area contributed by atoms with Gasteiger partial charge >= 0.3 is 0 Å². The Morgan fingerprint density at radius 1 is 1.41 bits per heavy atom. The Labute approximate surface area is 96.7 Å². The minimum absolute atomic E-state index is 0.0628. The first-order valence-corrected chi connectivity index (χ1v) is 4.92. The van der Waals surface area contributed by atoms with Crippen molar-refractivity contribution in [2.45, 2.75) is 6.42 Å². The van der Waals surface area contributed by atoms with Crippen LogP contribution in [-0.4, -0.2) is 15.8 Å². The standard InChI is InChI=1S/C12H8FN3O/c13-9-3-1-8(2-4-9)11(17)5-12-15-7-10(6-14)16-12/h1-4,7H,5H2,(H,15,16). The van der Waals surface area contributed by atoms with Gasteiger partial charge in [-0.15, -0.1) is 0 Å². The van der Waals surface area contributed by atoms with Crippen molar-refractivity contribution in [1.82, 2.24) is 9.97 Å². The maximum Gasteiger partial charge on any atom is 0.170 e. The van der Waals surface area contributed by atoms with Crippen LogP contribution in [0.15, 0.2) is 30.5 Å². The van der Waals surface area contributed by atoms with Gasteiger partial charge in [0.25, 0.3) is 0 Å². The minimum atomic E-state index is -0.383. The number of aromatic nitrogens is 2. The largest absolute Gasteiger partial charge is 0.333 e. The van der Waals surface area contributed by atoms with Crippen LogP contribution in [0.3, 0.4) is 0 Å². The third-order valence-corrected chi connectivity index (χ3v) is 2.24. The fourth-order valence-electron chi connectivity index (χ4n) is 1.40. The van der Waals surface area contributed by atoms with Crippen molar-refractivity contribution in [3.63, 3.8) is 0 Å². The van der Waals surface area contributed by atoms with Crippen LogP contribution >= 0.6 is 0 Å². The van der Waals surface area contributed by atoms with Crippen LogP contribution in [0.25, 0.3) is 0 Å². The fourth-order valence-corrected chi connectivity index (χ4v) is 1.40. The normalized spacial score (nSPS) is 9.88. The number of aromatic amines is 1. The van der Waals surface area contributed by atoms with Gasteiger partial charge in [-0.1, -0.05) is 0 Å². The molecule has 0 atom stereocenters. The predicted octanol–water partition coefficient (Wildman–Crippen LogP) is 1.85. The Balaban J connectivity index is 2.11. The second-order valence-corrected chi connectivity index (χ2v) is 3.46. The highest BCUT2D eigenvalue weighted by Gasteiger charge is 2.09. The second-order valence-electron chi connectivity index (χ2n) is 3.46. The van der Waals surface area contributed by atoms with Crippen LogP contribution in [0.1, 0.15) is 21.9 Å². The van der Waals surface area contributed by atoms with Crippen molar-refractivity contribution in [3.8, 4) is 6.07 Å². The molecular formula is C12H8FN3O. The second kappa shape index (κ2) is 4.58. The summed E-state index contributed by atoms with van der Waals surface area (Å²) in [6.07, 6.45) is 1.43. The summed E-state index contributed by atoms with van der Waals surface area (Å²) in [7, 11) is 0. The molecule has 0 aliphatic rings. The lowest BCUT2D eigenvalue weighted by Crippen LogP contribution is -2.04. The monoisotopic (exact) mass is 229 g/mol. The lowest BCUT2D eigenvalue weighted by atomic mass is 10.1. The predicted molar refractivity (Wildman–Crippen MR) is 57.7 cm³/mol. The third-order valence-electron chi connectivity index (χ3n) is 2.24. The molecule has 0 aliphatic carbocycles. The van der Waals surface area contributed by atoms with Crippen LogP contribution < -0.4 is 0 Å². The number of Topliss-reactive ketones (excluding diaryl/α,β-unsaturated/α-hetero) is 1. The number of carbonyl (C=O) groups excluding carboxylic acids is 1. The molecule has 0 aliphatic heterocycles. The van der Waals surface area contributed by atoms with Gasteiger partial charge < -0.3 is 4.98 Å². The van der Waals surface area contributed by atoms with Crippen LogP contribution in [0.4, 0.5) is 4.39 Å². The summed E-state index contributed by atoms with van der Waals surface area (Å²) in [5, 5.41) is 8.58. The van der Waals surface area contributed by atoms with E-state index >= 15 is 0 Å². The van der Waals surface area contributed by atoms with Gasteiger partial charge in [0.15, 0.2) is 5.78 Å². The molecule has 0 radical (unpaired) electrons. The van der Waals surface area contributed by atoms with Gasteiger partial charge in [-0.25, -0.2) is 9.37 Å². The summed E-state index contributed by atoms with van der Waals surface area (Å²) in [5.74, 6) is -0.133. The van der Waals surface area contributed by atoms with Crippen molar-refractivity contribution < 1.29 is 9.18 Å². The maximum absolute atomic E-state index is 12.7. The van der Waals surface area contributed by atoms with Crippen molar-refractivity contribution in [1.29, 1.82) is 5.26 Å². The molecular weight excluding hydrogens is 221 g/mol. The summed E-state index contributed by atoms with van der Waals surface area (Å²) in [5.41, 5.74) is 0.730. The SMILES string of the molecule is N#Cc1cnc(CC(=O)c2ccc(F)cc2)[nH]1. The molecule has 0 saturated carbocycles. The number of imidazole rings is 1. The quantitative estimate of drug-likeness (QED) is 0.816. The number of carbonyl (C=O) groups is 1. The molecule has 1 aromatic carbocycles. The number of hydrogen-bond donors (Lipinski definition) is 1. The molecule has 5 heteroatoms. The van der Waals surface area contributed by atoms with E-state index in [-0.39, 0.29) is 18.0 Å². The Morgan fingerprint density at radius 2 is 2.12 bits per heavy atom. The molecule has 17 heavy (non-hydrogen) atoms. The van der Waals surface area contributed by atoms with Gasteiger partial charge in [0, 0.05) is 5.56 Å². The Hall–Kier alpha value is -2.48. The van der Waals surface area contributed by atoms with E-state index in [1.807, 2.05) is 6.07 Å². The van der Waals surface area contributed by atoms with E-state index in [4.69, 9.17) is 5.26 Å². The number of ketones is 1. The van der Waals surface area contributed by atoms with E-state index in [1.165, 1.54) is 30.5 Å². The van der Waals surface area contributed by atoms with E-state index in [2.05, 4.69) is 9.97 Å². The van der Waals surface area contributed by atoms with Gasteiger partial charge in [0.2, 0.25) is 0 Å². The minimum Gasteiger partial charge on any atom is -0.333 e. The highest BCUT2D eigenvalue weighted by molar-refractivity contribution is 5.97. The lowest BCUT2D eigenvalue weighted by Gasteiger charge is -1.98. The van der Waals surface area contributed by atoms with Gasteiger partial charge in [-0.3, -0.25) is 4.79 Å². The summed E-state index contributed by atoms with van der Waals surface area (Å²) >= 11 is 0. The Morgan fingerprint density at radius 3 is 2.71 bits per heavy atom. The van der Waals surface area contributed by atoms with Crippen LogP contribution in [0, 0.1) is 17.1 Å². The topological polar surface area (TPSA) is 69.5 Å². The number of rotatable bonds is 3. The fraction of sp³-hybridized carbons (Fsp3) is 0.0833. The molecule has 84 valence electrons. The molecule has 4 nitrogen and oxygen atoms in total. The number of nitrogens with zero attached hydrogens (tertiary/aromatic N) is 2. The summed E-state index contributed by atoms with van der Waals surface area (Å²) in [6, 6.07) is 7.20. The molecule has 2 rings (SSSR count). The average Bonchev–Trinajstić information content (AvgIpc) is 2.77. The van der Waals surface area contributed by atoms with Gasteiger partial charge in [0.05, 0.1) is 12.6 Å². The highest BCUT2D eigenvalue weighted by Crippen LogP contribution is 2.07. The maximum atomic E-state index is 12.7. The first-order valence-electron chi connectivity index (χ1n) is 4.92. The molecule has 0 fully saturated rings. The zero-order valence-electron chi connectivity index (χ0n) is 8.77. The highest BCUT2D eigenvalue weighted by atomic mass is 19.1. The van der Waals surface area contributed by atoms with Crippen molar-refractivity contribution >= 4 is 5.78 Å². The number of nitriles is 1. The molecule has 0 amide bonds. The zero-order valence-corrected chi connectivity index (χ0v) is 8.77. The molecule has 0 saturated heterocycles. The lowest BCUT2D eigenvalue weighted by molar-refractivity contribution is 0.0991. The first kappa shape index (κ1) is 11.0. The number of benzene rings is 1. The number of halogens is 1. The van der Waals surface area contributed by atoms with E-state index in [9.17, 15) is 9.18 Å². The number of nitrogens with one attached hydrogen (secondary N) is 1. The van der Waals surface area contributed by atoms with E-state index in [0.29, 0.717) is 17.1 Å². The molecule has 0 bridgehead atoms. The molecule has 1 heterocycles. The summed E-state index contributed by atoms with van der Waals surface area (Å²) in [6.45, 7) is 0. The van der Waals surface area contributed by atoms with E-state index in [0.717, 1.165) is 0 Å². The van der Waals surface area contributed by atoms with Gasteiger partial charge in [-0.2, -0.15) is 5.26 Å². The average molecular weight is 229 g/mol. The summed E-state index contributed by atoms with van der Waals surface area (Å²) in [4.78, 5) is 18.4.